The van der Waals surface area contributed by atoms with Crippen molar-refractivity contribution in [2.75, 3.05) is 18.4 Å². The van der Waals surface area contributed by atoms with Gasteiger partial charge in [-0.15, -0.1) is 21.5 Å². The standard InChI is InChI=1S/C18H26N4O3S3/c1-3-4-5-8-15-20-21-18(27-15)19-17(23)14-7-6-11-22(12-14)28(24,25)16-10-9-13(2)26-16/h9-10,14H,3-8,11-12H2,1-2H3,(H,19,21,23). The van der Waals surface area contributed by atoms with Crippen LogP contribution in [0.15, 0.2) is 16.3 Å². The second kappa shape index (κ2) is 9.43. The van der Waals surface area contributed by atoms with Crippen LogP contribution in [0.1, 0.15) is 48.9 Å². The molecule has 2 aromatic heterocycles. The van der Waals surface area contributed by atoms with E-state index in [1.165, 1.54) is 27.0 Å². The number of piperidine rings is 1. The van der Waals surface area contributed by atoms with Crippen LogP contribution in [0.5, 0.6) is 0 Å². The molecular weight excluding hydrogens is 416 g/mol. The van der Waals surface area contributed by atoms with Crippen molar-refractivity contribution in [2.45, 2.75) is 56.6 Å². The Morgan fingerprint density at radius 1 is 1.29 bits per heavy atom. The Hall–Kier alpha value is -1.36. The number of thiophene rings is 1. The summed E-state index contributed by atoms with van der Waals surface area (Å²) in [7, 11) is -3.54. The molecular formula is C18H26N4O3S3. The Balaban J connectivity index is 1.60. The van der Waals surface area contributed by atoms with Gasteiger partial charge in [-0.2, -0.15) is 4.31 Å². The monoisotopic (exact) mass is 442 g/mol. The lowest BCUT2D eigenvalue weighted by atomic mass is 9.99. The number of aromatic nitrogens is 2. The highest BCUT2D eigenvalue weighted by molar-refractivity contribution is 7.91. The minimum Gasteiger partial charge on any atom is -0.300 e. The minimum absolute atomic E-state index is 0.182. The smallest absolute Gasteiger partial charge is 0.252 e. The molecule has 0 aromatic carbocycles. The summed E-state index contributed by atoms with van der Waals surface area (Å²) < 4.78 is 27.5. The number of carbonyl (C=O) groups is 1. The fraction of sp³-hybridized carbons (Fsp3) is 0.611. The maximum absolute atomic E-state index is 12.8. The van der Waals surface area contributed by atoms with Crippen molar-refractivity contribution in [1.29, 1.82) is 0 Å². The van der Waals surface area contributed by atoms with E-state index in [4.69, 9.17) is 0 Å². The lowest BCUT2D eigenvalue weighted by Crippen LogP contribution is -2.43. The molecule has 3 heterocycles. The van der Waals surface area contributed by atoms with Crippen LogP contribution in [0.4, 0.5) is 5.13 Å². The fourth-order valence-corrected chi connectivity index (χ4v) is 6.94. The van der Waals surface area contributed by atoms with Gasteiger partial charge in [0, 0.05) is 24.4 Å². The summed E-state index contributed by atoms with van der Waals surface area (Å²) >= 11 is 2.66. The van der Waals surface area contributed by atoms with Gasteiger partial charge in [0.05, 0.1) is 5.92 Å². The SMILES string of the molecule is CCCCCc1nnc(NC(=O)C2CCCN(S(=O)(=O)c3ccc(C)s3)C2)s1. The van der Waals surface area contributed by atoms with Crippen molar-refractivity contribution in [3.05, 3.63) is 22.0 Å². The molecule has 3 rings (SSSR count). The molecule has 1 fully saturated rings. The quantitative estimate of drug-likeness (QED) is 0.630. The van der Waals surface area contributed by atoms with Crippen LogP contribution >= 0.6 is 22.7 Å². The maximum Gasteiger partial charge on any atom is 0.252 e. The molecule has 1 N–H and O–H groups in total. The number of anilines is 1. The predicted molar refractivity (Wildman–Crippen MR) is 112 cm³/mol. The molecule has 0 saturated carbocycles. The van der Waals surface area contributed by atoms with E-state index in [0.29, 0.717) is 28.7 Å². The summed E-state index contributed by atoms with van der Waals surface area (Å²) in [5, 5.41) is 12.4. The molecule has 10 heteroatoms. The number of hydrogen-bond acceptors (Lipinski definition) is 7. The summed E-state index contributed by atoms with van der Waals surface area (Å²) in [6.45, 7) is 4.68. The Morgan fingerprint density at radius 3 is 2.82 bits per heavy atom. The van der Waals surface area contributed by atoms with Gasteiger partial charge in [0.1, 0.15) is 9.22 Å². The van der Waals surface area contributed by atoms with Crippen LogP contribution in [0.3, 0.4) is 0 Å². The van der Waals surface area contributed by atoms with Gasteiger partial charge in [0.2, 0.25) is 11.0 Å². The first kappa shape index (κ1) is 21.4. The number of sulfonamides is 1. The first-order valence-electron chi connectivity index (χ1n) is 9.60. The summed E-state index contributed by atoms with van der Waals surface area (Å²) in [6, 6.07) is 3.44. The Labute approximate surface area is 174 Å². The number of nitrogens with zero attached hydrogens (tertiary/aromatic N) is 3. The number of aryl methyl sites for hydroxylation is 2. The predicted octanol–water partition coefficient (Wildman–Crippen LogP) is 3.68. The normalized spacial score (nSPS) is 18.3. The van der Waals surface area contributed by atoms with Gasteiger partial charge in [0.25, 0.3) is 10.0 Å². The van der Waals surface area contributed by atoms with Crippen LogP contribution < -0.4 is 5.32 Å². The Kier molecular flexibility index (Phi) is 7.19. The third-order valence-corrected chi connectivity index (χ3v) is 8.99. The molecule has 0 spiro atoms. The average Bonchev–Trinajstić information content (AvgIpc) is 3.31. The summed E-state index contributed by atoms with van der Waals surface area (Å²) in [4.78, 5) is 13.6. The number of carbonyl (C=O) groups excluding carboxylic acids is 1. The molecule has 28 heavy (non-hydrogen) atoms. The van der Waals surface area contributed by atoms with E-state index in [1.807, 2.05) is 6.92 Å². The molecule has 1 unspecified atom stereocenters. The van der Waals surface area contributed by atoms with Crippen molar-refractivity contribution in [1.82, 2.24) is 14.5 Å². The van der Waals surface area contributed by atoms with Crippen molar-refractivity contribution in [3.63, 3.8) is 0 Å². The zero-order valence-electron chi connectivity index (χ0n) is 16.2. The van der Waals surface area contributed by atoms with Gasteiger partial charge in [-0.05, 0) is 38.3 Å². The van der Waals surface area contributed by atoms with Gasteiger partial charge < -0.3 is 5.32 Å². The molecule has 154 valence electrons. The lowest BCUT2D eigenvalue weighted by molar-refractivity contribution is -0.120. The molecule has 1 aliphatic rings. The Morgan fingerprint density at radius 2 is 2.11 bits per heavy atom. The molecule has 1 atom stereocenters. The summed E-state index contributed by atoms with van der Waals surface area (Å²) in [6.07, 6.45) is 5.57. The van der Waals surface area contributed by atoms with E-state index in [-0.39, 0.29) is 18.4 Å². The van der Waals surface area contributed by atoms with Crippen LogP contribution in [-0.2, 0) is 21.2 Å². The van der Waals surface area contributed by atoms with Gasteiger partial charge in [-0.25, -0.2) is 8.42 Å². The van der Waals surface area contributed by atoms with Gasteiger partial charge in [-0.3, -0.25) is 4.79 Å². The molecule has 0 radical (unpaired) electrons. The zero-order chi connectivity index (χ0) is 20.1. The molecule has 0 bridgehead atoms. The minimum atomic E-state index is -3.54. The van der Waals surface area contributed by atoms with Crippen molar-refractivity contribution >= 4 is 43.7 Å². The number of unbranched alkanes of at least 4 members (excludes halogenated alkanes) is 2. The van der Waals surface area contributed by atoms with Gasteiger partial charge in [0.15, 0.2) is 0 Å². The highest BCUT2D eigenvalue weighted by Crippen LogP contribution is 2.29. The van der Waals surface area contributed by atoms with Crippen LogP contribution in [0.2, 0.25) is 0 Å². The van der Waals surface area contributed by atoms with Crippen LogP contribution in [0.25, 0.3) is 0 Å². The first-order chi connectivity index (χ1) is 13.4. The number of nitrogens with one attached hydrogen (secondary N) is 1. The molecule has 7 nitrogen and oxygen atoms in total. The lowest BCUT2D eigenvalue weighted by Gasteiger charge is -2.30. The molecule has 1 aliphatic heterocycles. The molecule has 0 aliphatic carbocycles. The summed E-state index contributed by atoms with van der Waals surface area (Å²) in [5.74, 6) is -0.560. The van der Waals surface area contributed by atoms with E-state index in [2.05, 4.69) is 22.4 Å². The highest BCUT2D eigenvalue weighted by Gasteiger charge is 2.34. The summed E-state index contributed by atoms with van der Waals surface area (Å²) in [5.41, 5.74) is 0. The average molecular weight is 443 g/mol. The molecule has 2 aromatic rings. The second-order valence-corrected chi connectivity index (χ2v) is 11.5. The molecule has 1 amide bonds. The number of hydrogen-bond donors (Lipinski definition) is 1. The van der Waals surface area contributed by atoms with E-state index in [0.717, 1.165) is 35.6 Å². The van der Waals surface area contributed by atoms with Gasteiger partial charge >= 0.3 is 0 Å². The van der Waals surface area contributed by atoms with Crippen molar-refractivity contribution < 1.29 is 13.2 Å². The van der Waals surface area contributed by atoms with Crippen LogP contribution in [0, 0.1) is 12.8 Å². The van der Waals surface area contributed by atoms with Crippen molar-refractivity contribution in [2.24, 2.45) is 5.92 Å². The van der Waals surface area contributed by atoms with Crippen LogP contribution in [-0.4, -0.2) is 41.9 Å². The van der Waals surface area contributed by atoms with E-state index < -0.39 is 10.0 Å². The largest absolute Gasteiger partial charge is 0.300 e. The zero-order valence-corrected chi connectivity index (χ0v) is 18.6. The number of amides is 1. The third-order valence-electron chi connectivity index (χ3n) is 4.76. The second-order valence-electron chi connectivity index (χ2n) is 7.01. The van der Waals surface area contributed by atoms with E-state index in [1.54, 1.807) is 12.1 Å². The first-order valence-corrected chi connectivity index (χ1v) is 12.7. The maximum atomic E-state index is 12.8. The van der Waals surface area contributed by atoms with Crippen molar-refractivity contribution in [3.8, 4) is 0 Å². The highest BCUT2D eigenvalue weighted by atomic mass is 32.2. The van der Waals surface area contributed by atoms with Gasteiger partial charge in [-0.1, -0.05) is 31.1 Å². The fourth-order valence-electron chi connectivity index (χ4n) is 3.19. The Bertz CT molecular complexity index is 907. The van der Waals surface area contributed by atoms with E-state index in [9.17, 15) is 13.2 Å². The third kappa shape index (κ3) is 5.16. The molecule has 1 saturated heterocycles. The topological polar surface area (TPSA) is 92.3 Å². The van der Waals surface area contributed by atoms with E-state index >= 15 is 0 Å². The number of rotatable bonds is 8.